The molecule has 0 spiro atoms. The van der Waals surface area contributed by atoms with Gasteiger partial charge in [-0.05, 0) is 45.9 Å². The zero-order valence-electron chi connectivity index (χ0n) is 14.6. The Morgan fingerprint density at radius 3 is 2.67 bits per heavy atom. The average molecular weight is 347 g/mol. The molecule has 6 heteroatoms. The van der Waals surface area contributed by atoms with Crippen LogP contribution in [0.25, 0.3) is 12.2 Å². The minimum absolute atomic E-state index is 0.0263. The number of aromatic nitrogens is 2. The van der Waals surface area contributed by atoms with Crippen LogP contribution in [0.5, 0.6) is 5.75 Å². The standard InChI is InChI=1S/C18H25N3O2S/c1-13-20-21-17(24-13)10-9-14-7-5-6-8-16(14)23-12-15(22)11-19-18(2,3)4/h5-10,15,19,22H,11-12H2,1-4H3. The van der Waals surface area contributed by atoms with Crippen LogP contribution in [0.1, 0.15) is 36.3 Å². The Hall–Kier alpha value is -1.76. The summed E-state index contributed by atoms with van der Waals surface area (Å²) in [6.07, 6.45) is 3.31. The van der Waals surface area contributed by atoms with E-state index >= 15 is 0 Å². The predicted molar refractivity (Wildman–Crippen MR) is 99.3 cm³/mol. The van der Waals surface area contributed by atoms with Gasteiger partial charge < -0.3 is 15.2 Å². The number of aliphatic hydroxyl groups is 1. The first-order chi connectivity index (χ1) is 11.3. The van der Waals surface area contributed by atoms with Crippen molar-refractivity contribution in [3.8, 4) is 5.75 Å². The topological polar surface area (TPSA) is 67.3 Å². The molecule has 0 aliphatic heterocycles. The summed E-state index contributed by atoms with van der Waals surface area (Å²) in [5, 5.41) is 23.2. The molecule has 5 nitrogen and oxygen atoms in total. The van der Waals surface area contributed by atoms with Crippen molar-refractivity contribution in [1.29, 1.82) is 0 Å². The van der Waals surface area contributed by atoms with E-state index in [0.29, 0.717) is 6.54 Å². The first kappa shape index (κ1) is 18.6. The molecule has 1 atom stereocenters. The van der Waals surface area contributed by atoms with Crippen molar-refractivity contribution in [2.24, 2.45) is 0 Å². The molecule has 0 aliphatic carbocycles. The third kappa shape index (κ3) is 6.39. The van der Waals surface area contributed by atoms with E-state index in [-0.39, 0.29) is 12.1 Å². The van der Waals surface area contributed by atoms with Crippen molar-refractivity contribution in [2.75, 3.05) is 13.2 Å². The first-order valence-corrected chi connectivity index (χ1v) is 8.78. The SMILES string of the molecule is Cc1nnc(C=Cc2ccccc2OCC(O)CNC(C)(C)C)s1. The summed E-state index contributed by atoms with van der Waals surface area (Å²) in [7, 11) is 0. The van der Waals surface area contributed by atoms with E-state index in [1.807, 2.05) is 43.3 Å². The van der Waals surface area contributed by atoms with Gasteiger partial charge in [-0.2, -0.15) is 0 Å². The first-order valence-electron chi connectivity index (χ1n) is 7.96. The largest absolute Gasteiger partial charge is 0.490 e. The van der Waals surface area contributed by atoms with Crippen LogP contribution in [-0.4, -0.2) is 40.1 Å². The Morgan fingerprint density at radius 2 is 2.00 bits per heavy atom. The molecular weight excluding hydrogens is 322 g/mol. The fourth-order valence-corrected chi connectivity index (χ4v) is 2.56. The fourth-order valence-electron chi connectivity index (χ4n) is 1.96. The highest BCUT2D eigenvalue weighted by Crippen LogP contribution is 2.21. The van der Waals surface area contributed by atoms with Crippen molar-refractivity contribution < 1.29 is 9.84 Å². The molecule has 0 radical (unpaired) electrons. The van der Waals surface area contributed by atoms with Gasteiger partial charge in [-0.25, -0.2) is 0 Å². The lowest BCUT2D eigenvalue weighted by Gasteiger charge is -2.23. The highest BCUT2D eigenvalue weighted by Gasteiger charge is 2.13. The van der Waals surface area contributed by atoms with Crippen LogP contribution in [0.3, 0.4) is 0 Å². The number of para-hydroxylation sites is 1. The van der Waals surface area contributed by atoms with Crippen LogP contribution in [0.2, 0.25) is 0 Å². The van der Waals surface area contributed by atoms with Gasteiger partial charge in [-0.15, -0.1) is 10.2 Å². The van der Waals surface area contributed by atoms with E-state index in [1.165, 1.54) is 0 Å². The lowest BCUT2D eigenvalue weighted by molar-refractivity contribution is 0.0999. The summed E-state index contributed by atoms with van der Waals surface area (Å²) in [5.74, 6) is 0.741. The Morgan fingerprint density at radius 1 is 1.25 bits per heavy atom. The number of hydrogen-bond acceptors (Lipinski definition) is 6. The Bertz CT molecular complexity index is 677. The number of aliphatic hydroxyl groups excluding tert-OH is 1. The van der Waals surface area contributed by atoms with Crippen LogP contribution in [0, 0.1) is 6.92 Å². The quantitative estimate of drug-likeness (QED) is 0.805. The number of rotatable bonds is 7. The lowest BCUT2D eigenvalue weighted by atomic mass is 10.1. The number of hydrogen-bond donors (Lipinski definition) is 2. The number of ether oxygens (including phenoxy) is 1. The van der Waals surface area contributed by atoms with Crippen LogP contribution in [0.4, 0.5) is 0 Å². The van der Waals surface area contributed by atoms with Gasteiger partial charge in [0.05, 0.1) is 0 Å². The summed E-state index contributed by atoms with van der Waals surface area (Å²) in [6, 6.07) is 7.74. The number of β-amino-alcohol motifs (C(OH)–C–C–N with tert-alkyl or cyclic N) is 1. The molecule has 1 aromatic heterocycles. The van der Waals surface area contributed by atoms with Crippen molar-refractivity contribution in [2.45, 2.75) is 39.3 Å². The van der Waals surface area contributed by atoms with Crippen LogP contribution in [0.15, 0.2) is 24.3 Å². The van der Waals surface area contributed by atoms with Crippen molar-refractivity contribution >= 4 is 23.5 Å². The highest BCUT2D eigenvalue weighted by molar-refractivity contribution is 7.12. The Kier molecular flexibility index (Phi) is 6.48. The summed E-state index contributed by atoms with van der Waals surface area (Å²) in [4.78, 5) is 0. The second-order valence-electron chi connectivity index (χ2n) is 6.63. The molecule has 1 unspecified atom stereocenters. The summed E-state index contributed by atoms with van der Waals surface area (Å²) < 4.78 is 5.78. The van der Waals surface area contributed by atoms with E-state index in [4.69, 9.17) is 4.74 Å². The lowest BCUT2D eigenvalue weighted by Crippen LogP contribution is -2.42. The van der Waals surface area contributed by atoms with E-state index < -0.39 is 6.10 Å². The van der Waals surface area contributed by atoms with Crippen molar-refractivity contribution in [3.05, 3.63) is 39.8 Å². The van der Waals surface area contributed by atoms with E-state index in [9.17, 15) is 5.11 Å². The summed E-state index contributed by atoms with van der Waals surface area (Å²) in [5.41, 5.74) is 0.919. The monoisotopic (exact) mass is 347 g/mol. The van der Waals surface area contributed by atoms with Crippen molar-refractivity contribution in [1.82, 2.24) is 15.5 Å². The average Bonchev–Trinajstić information content (AvgIpc) is 2.94. The van der Waals surface area contributed by atoms with Gasteiger partial charge in [0.2, 0.25) is 0 Å². The number of nitrogens with one attached hydrogen (secondary N) is 1. The molecule has 0 saturated carbocycles. The molecule has 2 N–H and O–H groups in total. The molecule has 2 aromatic rings. The fraction of sp³-hybridized carbons (Fsp3) is 0.444. The number of benzene rings is 1. The molecule has 0 saturated heterocycles. The van der Waals surface area contributed by atoms with Gasteiger partial charge in [0.15, 0.2) is 0 Å². The maximum Gasteiger partial charge on any atom is 0.140 e. The van der Waals surface area contributed by atoms with Crippen LogP contribution < -0.4 is 10.1 Å². The molecule has 0 fully saturated rings. The summed E-state index contributed by atoms with van der Waals surface area (Å²) >= 11 is 1.54. The second kappa shape index (κ2) is 8.37. The maximum atomic E-state index is 10.1. The molecule has 130 valence electrons. The van der Waals surface area contributed by atoms with E-state index in [1.54, 1.807) is 11.3 Å². The smallest absolute Gasteiger partial charge is 0.140 e. The molecular formula is C18H25N3O2S. The predicted octanol–water partition coefficient (Wildman–Crippen LogP) is 3.14. The Labute approximate surface area is 147 Å². The van der Waals surface area contributed by atoms with E-state index in [2.05, 4.69) is 36.3 Å². The van der Waals surface area contributed by atoms with Gasteiger partial charge in [-0.3, -0.25) is 0 Å². The molecule has 24 heavy (non-hydrogen) atoms. The van der Waals surface area contributed by atoms with Gasteiger partial charge >= 0.3 is 0 Å². The molecule has 1 aromatic carbocycles. The third-order valence-electron chi connectivity index (χ3n) is 3.17. The van der Waals surface area contributed by atoms with Gasteiger partial charge in [0.1, 0.15) is 28.5 Å². The number of aryl methyl sites for hydroxylation is 1. The Balaban J connectivity index is 1.95. The molecule has 0 amide bonds. The maximum absolute atomic E-state index is 10.1. The zero-order chi connectivity index (χ0) is 17.6. The van der Waals surface area contributed by atoms with Gasteiger partial charge in [0.25, 0.3) is 0 Å². The van der Waals surface area contributed by atoms with Crippen molar-refractivity contribution in [3.63, 3.8) is 0 Å². The van der Waals surface area contributed by atoms with E-state index in [0.717, 1.165) is 21.3 Å². The molecule has 0 aliphatic rings. The van der Waals surface area contributed by atoms with Gasteiger partial charge in [-0.1, -0.05) is 29.5 Å². The minimum atomic E-state index is -0.563. The zero-order valence-corrected chi connectivity index (χ0v) is 15.4. The normalized spacial score (nSPS) is 13.4. The molecule has 2 rings (SSSR count). The molecule has 1 heterocycles. The molecule has 0 bridgehead atoms. The van der Waals surface area contributed by atoms with Gasteiger partial charge in [0, 0.05) is 17.6 Å². The summed E-state index contributed by atoms with van der Waals surface area (Å²) in [6.45, 7) is 8.86. The number of nitrogens with zero attached hydrogens (tertiary/aromatic N) is 2. The minimum Gasteiger partial charge on any atom is -0.490 e. The highest BCUT2D eigenvalue weighted by atomic mass is 32.1. The third-order valence-corrected chi connectivity index (χ3v) is 3.97. The van der Waals surface area contributed by atoms with Crippen LogP contribution in [-0.2, 0) is 0 Å². The van der Waals surface area contributed by atoms with Crippen LogP contribution >= 0.6 is 11.3 Å². The second-order valence-corrected chi connectivity index (χ2v) is 7.84.